The summed E-state index contributed by atoms with van der Waals surface area (Å²) in [7, 11) is 2.11. The molecule has 0 spiro atoms. The predicted molar refractivity (Wildman–Crippen MR) is 48.0 cm³/mol. The molecule has 2 heteroatoms. The summed E-state index contributed by atoms with van der Waals surface area (Å²) in [6.07, 6.45) is 8.32. The van der Waals surface area contributed by atoms with Gasteiger partial charge in [0.05, 0.1) is 0 Å². The smallest absolute Gasteiger partial charge is 0.0378 e. The Balaban J connectivity index is 2.08. The van der Waals surface area contributed by atoms with Gasteiger partial charge in [0.1, 0.15) is 0 Å². The van der Waals surface area contributed by atoms with E-state index in [1.54, 1.807) is 0 Å². The highest BCUT2D eigenvalue weighted by Gasteiger charge is 2.09. The van der Waals surface area contributed by atoms with Gasteiger partial charge >= 0.3 is 0 Å². The number of unbranched alkanes of at least 4 members (excludes halogenated alkanes) is 2. The number of hydrogen-bond acceptors (Lipinski definition) is 2. The number of hydrazine groups is 1. The van der Waals surface area contributed by atoms with Gasteiger partial charge < -0.3 is 5.01 Å². The van der Waals surface area contributed by atoms with Crippen LogP contribution in [0.15, 0.2) is 12.3 Å². The van der Waals surface area contributed by atoms with Gasteiger partial charge in [-0.15, -0.1) is 0 Å². The Morgan fingerprint density at radius 1 is 1.36 bits per heavy atom. The molecule has 1 rings (SSSR count). The summed E-state index contributed by atoms with van der Waals surface area (Å²) in [5, 5.41) is 4.53. The van der Waals surface area contributed by atoms with Gasteiger partial charge in [0, 0.05) is 26.3 Å². The van der Waals surface area contributed by atoms with E-state index in [0.29, 0.717) is 0 Å². The highest BCUT2D eigenvalue weighted by Crippen LogP contribution is 2.06. The molecular formula is C9H18N2. The number of nitrogens with zero attached hydrogens (tertiary/aromatic N) is 2. The standard InChI is InChI=1S/C9H18N2/c1-3-4-5-8-11-9-6-7-10(11)2/h6-7H,3-5,8-9H2,1-2H3. The molecule has 0 aliphatic carbocycles. The van der Waals surface area contributed by atoms with Crippen LogP contribution in [0.3, 0.4) is 0 Å². The molecule has 1 aliphatic rings. The van der Waals surface area contributed by atoms with E-state index in [9.17, 15) is 0 Å². The molecule has 0 saturated heterocycles. The summed E-state index contributed by atoms with van der Waals surface area (Å²) >= 11 is 0. The van der Waals surface area contributed by atoms with Gasteiger partial charge in [0.15, 0.2) is 0 Å². The van der Waals surface area contributed by atoms with E-state index < -0.39 is 0 Å². The van der Waals surface area contributed by atoms with Crippen molar-refractivity contribution in [3.8, 4) is 0 Å². The summed E-state index contributed by atoms with van der Waals surface area (Å²) in [4.78, 5) is 0. The minimum Gasteiger partial charge on any atom is -0.316 e. The van der Waals surface area contributed by atoms with Gasteiger partial charge in [-0.25, -0.2) is 5.01 Å². The van der Waals surface area contributed by atoms with Crippen LogP contribution in [0, 0.1) is 0 Å². The molecule has 0 bridgehead atoms. The monoisotopic (exact) mass is 154 g/mol. The van der Waals surface area contributed by atoms with Crippen LogP contribution >= 0.6 is 0 Å². The fourth-order valence-electron chi connectivity index (χ4n) is 1.34. The second kappa shape index (κ2) is 4.39. The average molecular weight is 154 g/mol. The molecule has 0 amide bonds. The van der Waals surface area contributed by atoms with Gasteiger partial charge in [-0.2, -0.15) is 0 Å². The van der Waals surface area contributed by atoms with Crippen LogP contribution in [0.4, 0.5) is 0 Å². The summed E-state index contributed by atoms with van der Waals surface area (Å²) in [5.41, 5.74) is 0. The summed E-state index contributed by atoms with van der Waals surface area (Å²) in [6, 6.07) is 0. The zero-order valence-electron chi connectivity index (χ0n) is 7.58. The van der Waals surface area contributed by atoms with Gasteiger partial charge in [-0.1, -0.05) is 25.8 Å². The number of rotatable bonds is 4. The van der Waals surface area contributed by atoms with Crippen molar-refractivity contribution in [2.75, 3.05) is 20.1 Å². The minimum absolute atomic E-state index is 1.10. The maximum absolute atomic E-state index is 2.36. The Bertz CT molecular complexity index is 132. The van der Waals surface area contributed by atoms with Crippen molar-refractivity contribution in [2.45, 2.75) is 26.2 Å². The maximum atomic E-state index is 2.36. The molecule has 0 atom stereocenters. The Morgan fingerprint density at radius 3 is 2.73 bits per heavy atom. The third kappa shape index (κ3) is 2.54. The van der Waals surface area contributed by atoms with Crippen molar-refractivity contribution in [3.05, 3.63) is 12.3 Å². The number of hydrogen-bond donors (Lipinski definition) is 0. The van der Waals surface area contributed by atoms with E-state index in [2.05, 4.69) is 36.3 Å². The summed E-state index contributed by atoms with van der Waals surface area (Å²) in [6.45, 7) is 4.55. The fourth-order valence-corrected chi connectivity index (χ4v) is 1.34. The topological polar surface area (TPSA) is 6.48 Å². The second-order valence-electron chi connectivity index (χ2n) is 3.08. The van der Waals surface area contributed by atoms with Crippen molar-refractivity contribution < 1.29 is 0 Å². The van der Waals surface area contributed by atoms with E-state index >= 15 is 0 Å². The molecule has 0 N–H and O–H groups in total. The molecule has 0 aromatic carbocycles. The largest absolute Gasteiger partial charge is 0.316 e. The molecule has 0 aromatic rings. The second-order valence-corrected chi connectivity index (χ2v) is 3.08. The first-order valence-electron chi connectivity index (χ1n) is 4.49. The van der Waals surface area contributed by atoms with Gasteiger partial charge in [-0.05, 0) is 6.42 Å². The molecule has 1 aliphatic heterocycles. The lowest BCUT2D eigenvalue weighted by molar-refractivity contribution is 0.0781. The van der Waals surface area contributed by atoms with E-state index in [1.807, 2.05) is 0 Å². The normalized spacial score (nSPS) is 18.2. The first-order valence-corrected chi connectivity index (χ1v) is 4.49. The lowest BCUT2D eigenvalue weighted by Crippen LogP contribution is -2.32. The first-order chi connectivity index (χ1) is 5.34. The summed E-state index contributed by atoms with van der Waals surface area (Å²) in [5.74, 6) is 0. The van der Waals surface area contributed by atoms with Gasteiger partial charge in [0.25, 0.3) is 0 Å². The van der Waals surface area contributed by atoms with E-state index in [4.69, 9.17) is 0 Å². The van der Waals surface area contributed by atoms with E-state index in [0.717, 1.165) is 6.54 Å². The van der Waals surface area contributed by atoms with Crippen molar-refractivity contribution in [1.82, 2.24) is 10.0 Å². The SMILES string of the molecule is CCCCCN1CC=CN1C. The highest BCUT2D eigenvalue weighted by atomic mass is 15.6. The van der Waals surface area contributed by atoms with Crippen LogP contribution in [-0.2, 0) is 0 Å². The molecular weight excluding hydrogens is 136 g/mol. The van der Waals surface area contributed by atoms with Crippen LogP contribution in [0.2, 0.25) is 0 Å². The Hall–Kier alpha value is -0.500. The molecule has 0 radical (unpaired) electrons. The first kappa shape index (κ1) is 8.60. The highest BCUT2D eigenvalue weighted by molar-refractivity contribution is 4.89. The molecule has 0 saturated carbocycles. The van der Waals surface area contributed by atoms with Crippen molar-refractivity contribution >= 4 is 0 Å². The van der Waals surface area contributed by atoms with Crippen LogP contribution in [0.25, 0.3) is 0 Å². The molecule has 0 aromatic heterocycles. The van der Waals surface area contributed by atoms with Crippen molar-refractivity contribution in [2.24, 2.45) is 0 Å². The molecule has 0 unspecified atom stereocenters. The molecule has 2 nitrogen and oxygen atoms in total. The maximum Gasteiger partial charge on any atom is 0.0378 e. The van der Waals surface area contributed by atoms with E-state index in [1.165, 1.54) is 25.8 Å². The lowest BCUT2D eigenvalue weighted by atomic mass is 10.2. The lowest BCUT2D eigenvalue weighted by Gasteiger charge is -2.24. The molecule has 11 heavy (non-hydrogen) atoms. The van der Waals surface area contributed by atoms with Gasteiger partial charge in [0.2, 0.25) is 0 Å². The van der Waals surface area contributed by atoms with Crippen LogP contribution in [-0.4, -0.2) is 30.2 Å². The van der Waals surface area contributed by atoms with E-state index in [-0.39, 0.29) is 0 Å². The minimum atomic E-state index is 1.10. The van der Waals surface area contributed by atoms with Crippen LogP contribution in [0.1, 0.15) is 26.2 Å². The zero-order chi connectivity index (χ0) is 8.10. The van der Waals surface area contributed by atoms with Crippen LogP contribution in [0.5, 0.6) is 0 Å². The zero-order valence-corrected chi connectivity index (χ0v) is 7.58. The predicted octanol–water partition coefficient (Wildman–Crippen LogP) is 1.85. The van der Waals surface area contributed by atoms with Gasteiger partial charge in [-0.3, -0.25) is 0 Å². The Labute approximate surface area is 69.5 Å². The van der Waals surface area contributed by atoms with Crippen molar-refractivity contribution in [3.63, 3.8) is 0 Å². The Morgan fingerprint density at radius 2 is 2.18 bits per heavy atom. The third-order valence-corrected chi connectivity index (χ3v) is 2.10. The quantitative estimate of drug-likeness (QED) is 0.570. The van der Waals surface area contributed by atoms with Crippen LogP contribution < -0.4 is 0 Å². The van der Waals surface area contributed by atoms with Crippen molar-refractivity contribution in [1.29, 1.82) is 0 Å². The molecule has 1 heterocycles. The summed E-state index contributed by atoms with van der Waals surface area (Å²) < 4.78 is 0. The average Bonchev–Trinajstić information content (AvgIpc) is 2.37. The fraction of sp³-hybridized carbons (Fsp3) is 0.778. The molecule has 0 fully saturated rings. The molecule has 64 valence electrons. The Kier molecular flexibility index (Phi) is 3.43. The third-order valence-electron chi connectivity index (χ3n) is 2.10.